The van der Waals surface area contributed by atoms with E-state index in [9.17, 15) is 4.79 Å². The van der Waals surface area contributed by atoms with E-state index in [0.29, 0.717) is 5.92 Å². The van der Waals surface area contributed by atoms with E-state index in [4.69, 9.17) is 0 Å². The van der Waals surface area contributed by atoms with Crippen molar-refractivity contribution < 1.29 is 4.79 Å². The van der Waals surface area contributed by atoms with E-state index in [1.165, 1.54) is 11.3 Å². The quantitative estimate of drug-likeness (QED) is 0.801. The molecule has 0 N–H and O–H groups in total. The first-order valence-electron chi connectivity index (χ1n) is 9.72. The lowest BCUT2D eigenvalue weighted by Gasteiger charge is -2.37. The molecule has 1 saturated heterocycles. The number of amides is 1. The number of para-hydroxylation sites is 1. The Morgan fingerprint density at radius 2 is 1.50 bits per heavy atom. The summed E-state index contributed by atoms with van der Waals surface area (Å²) in [6.07, 6.45) is 1.09. The summed E-state index contributed by atoms with van der Waals surface area (Å²) in [5, 5.41) is 0. The zero-order chi connectivity index (χ0) is 18.5. The van der Waals surface area contributed by atoms with Gasteiger partial charge in [-0.05, 0) is 42.5 Å². The fraction of sp³-hybridized carbons (Fsp3) is 0.435. The van der Waals surface area contributed by atoms with Crippen LogP contribution in [0.1, 0.15) is 37.8 Å². The summed E-state index contributed by atoms with van der Waals surface area (Å²) < 4.78 is 0. The molecule has 3 nitrogen and oxygen atoms in total. The van der Waals surface area contributed by atoms with Crippen LogP contribution in [0, 0.1) is 5.92 Å². The second-order valence-corrected chi connectivity index (χ2v) is 7.71. The first kappa shape index (κ1) is 18.5. The Balaban J connectivity index is 1.57. The lowest BCUT2D eigenvalue weighted by molar-refractivity contribution is -0.132. The van der Waals surface area contributed by atoms with Crippen molar-refractivity contribution in [3.63, 3.8) is 0 Å². The maximum absolute atomic E-state index is 12.9. The van der Waals surface area contributed by atoms with Gasteiger partial charge in [0.25, 0.3) is 0 Å². The molecule has 1 atom stereocenters. The van der Waals surface area contributed by atoms with Crippen LogP contribution in [0.15, 0.2) is 54.6 Å². The van der Waals surface area contributed by atoms with Crippen LogP contribution < -0.4 is 4.90 Å². The van der Waals surface area contributed by atoms with E-state index in [0.717, 1.165) is 38.2 Å². The molecule has 1 aliphatic rings. The minimum absolute atomic E-state index is 0.0774. The molecule has 0 saturated carbocycles. The van der Waals surface area contributed by atoms with Gasteiger partial charge in [-0.3, -0.25) is 4.79 Å². The van der Waals surface area contributed by atoms with Crippen LogP contribution in [0.2, 0.25) is 0 Å². The molecule has 2 aromatic rings. The van der Waals surface area contributed by atoms with E-state index >= 15 is 0 Å². The van der Waals surface area contributed by atoms with Gasteiger partial charge in [0.15, 0.2) is 0 Å². The van der Waals surface area contributed by atoms with Crippen molar-refractivity contribution in [3.05, 3.63) is 65.7 Å². The van der Waals surface area contributed by atoms with Crippen LogP contribution in [0.25, 0.3) is 0 Å². The Morgan fingerprint density at radius 3 is 2.08 bits per heavy atom. The summed E-state index contributed by atoms with van der Waals surface area (Å²) in [6, 6.07) is 19.0. The smallest absolute Gasteiger partial charge is 0.229 e. The number of nitrogens with zero attached hydrogens (tertiary/aromatic N) is 2. The van der Waals surface area contributed by atoms with Gasteiger partial charge < -0.3 is 9.80 Å². The lowest BCUT2D eigenvalue weighted by Crippen LogP contribution is -2.49. The summed E-state index contributed by atoms with van der Waals surface area (Å²) in [7, 11) is 0. The Kier molecular flexibility index (Phi) is 5.97. The minimum atomic E-state index is -0.0774. The molecule has 3 rings (SSSR count). The zero-order valence-corrected chi connectivity index (χ0v) is 16.2. The van der Waals surface area contributed by atoms with Crippen LogP contribution in [-0.2, 0) is 11.2 Å². The fourth-order valence-corrected chi connectivity index (χ4v) is 3.65. The molecule has 0 bridgehead atoms. The molecule has 138 valence electrons. The maximum Gasteiger partial charge on any atom is 0.229 e. The van der Waals surface area contributed by atoms with Gasteiger partial charge in [0.1, 0.15) is 0 Å². The van der Waals surface area contributed by atoms with E-state index in [2.05, 4.69) is 67.3 Å². The molecule has 1 fully saturated rings. The Hall–Kier alpha value is -2.29. The van der Waals surface area contributed by atoms with Crippen molar-refractivity contribution in [2.45, 2.75) is 33.1 Å². The van der Waals surface area contributed by atoms with Gasteiger partial charge in [-0.15, -0.1) is 0 Å². The predicted molar refractivity (Wildman–Crippen MR) is 109 cm³/mol. The molecule has 0 radical (unpaired) electrons. The van der Waals surface area contributed by atoms with Crippen LogP contribution in [0.5, 0.6) is 0 Å². The number of piperazine rings is 1. The maximum atomic E-state index is 12.9. The van der Waals surface area contributed by atoms with Gasteiger partial charge >= 0.3 is 0 Å². The molecular formula is C23H30N2O. The monoisotopic (exact) mass is 350 g/mol. The summed E-state index contributed by atoms with van der Waals surface area (Å²) in [4.78, 5) is 17.3. The van der Waals surface area contributed by atoms with E-state index in [1.807, 2.05) is 17.9 Å². The van der Waals surface area contributed by atoms with Crippen molar-refractivity contribution in [1.29, 1.82) is 0 Å². The van der Waals surface area contributed by atoms with Gasteiger partial charge in [0, 0.05) is 31.9 Å². The molecule has 1 unspecified atom stereocenters. The molecule has 0 aliphatic carbocycles. The number of hydrogen-bond acceptors (Lipinski definition) is 2. The van der Waals surface area contributed by atoms with Crippen LogP contribution in [-0.4, -0.2) is 37.0 Å². The first-order chi connectivity index (χ1) is 12.5. The largest absolute Gasteiger partial charge is 0.368 e. The second kappa shape index (κ2) is 8.39. The third-order valence-corrected chi connectivity index (χ3v) is 5.21. The number of carbonyl (C=O) groups excluding carboxylic acids is 1. The Morgan fingerprint density at radius 1 is 0.885 bits per heavy atom. The number of carbonyl (C=O) groups is 1. The highest BCUT2D eigenvalue weighted by atomic mass is 16.2. The summed E-state index contributed by atoms with van der Waals surface area (Å²) in [6.45, 7) is 9.88. The number of benzene rings is 2. The van der Waals surface area contributed by atoms with Crippen molar-refractivity contribution in [1.82, 2.24) is 4.90 Å². The van der Waals surface area contributed by atoms with E-state index < -0.39 is 0 Å². The van der Waals surface area contributed by atoms with Gasteiger partial charge in [0.05, 0.1) is 5.92 Å². The third-order valence-electron chi connectivity index (χ3n) is 5.21. The molecule has 3 heteroatoms. The molecule has 0 aromatic heterocycles. The topological polar surface area (TPSA) is 23.6 Å². The normalized spacial score (nSPS) is 16.0. The van der Waals surface area contributed by atoms with Gasteiger partial charge in [-0.1, -0.05) is 56.3 Å². The minimum Gasteiger partial charge on any atom is -0.368 e. The van der Waals surface area contributed by atoms with Gasteiger partial charge in [-0.2, -0.15) is 0 Å². The van der Waals surface area contributed by atoms with Crippen molar-refractivity contribution in [3.8, 4) is 0 Å². The van der Waals surface area contributed by atoms with E-state index in [-0.39, 0.29) is 11.8 Å². The number of anilines is 1. The average Bonchev–Trinajstić information content (AvgIpc) is 2.68. The van der Waals surface area contributed by atoms with Crippen LogP contribution in [0.3, 0.4) is 0 Å². The van der Waals surface area contributed by atoms with Crippen LogP contribution >= 0.6 is 0 Å². The second-order valence-electron chi connectivity index (χ2n) is 7.71. The third kappa shape index (κ3) is 4.46. The lowest BCUT2D eigenvalue weighted by atomic mass is 9.95. The molecule has 26 heavy (non-hydrogen) atoms. The molecule has 1 heterocycles. The first-order valence-corrected chi connectivity index (χ1v) is 9.72. The van der Waals surface area contributed by atoms with Crippen molar-refractivity contribution in [2.24, 2.45) is 5.92 Å². The molecule has 1 amide bonds. The average molecular weight is 351 g/mol. The highest BCUT2D eigenvalue weighted by Gasteiger charge is 2.25. The van der Waals surface area contributed by atoms with Crippen LogP contribution in [0.4, 0.5) is 5.69 Å². The van der Waals surface area contributed by atoms with Crippen molar-refractivity contribution in [2.75, 3.05) is 31.1 Å². The summed E-state index contributed by atoms with van der Waals surface area (Å²) in [5.41, 5.74) is 3.71. The number of hydrogen-bond donors (Lipinski definition) is 0. The number of rotatable bonds is 5. The SMILES string of the molecule is CC(C)Cc1ccc(C(C)C(=O)N2CCN(c3ccccc3)CC2)cc1. The fourth-order valence-electron chi connectivity index (χ4n) is 3.65. The highest BCUT2D eigenvalue weighted by molar-refractivity contribution is 5.83. The van der Waals surface area contributed by atoms with Gasteiger partial charge in [0.2, 0.25) is 5.91 Å². The Bertz CT molecular complexity index is 701. The van der Waals surface area contributed by atoms with E-state index in [1.54, 1.807) is 0 Å². The molecule has 1 aliphatic heterocycles. The molecule has 0 spiro atoms. The van der Waals surface area contributed by atoms with Gasteiger partial charge in [-0.25, -0.2) is 0 Å². The highest BCUT2D eigenvalue weighted by Crippen LogP contribution is 2.22. The summed E-state index contributed by atoms with van der Waals surface area (Å²) >= 11 is 0. The molecule has 2 aromatic carbocycles. The summed E-state index contributed by atoms with van der Waals surface area (Å²) in [5.74, 6) is 0.821. The predicted octanol–water partition coefficient (Wildman–Crippen LogP) is 4.34. The molecular weight excluding hydrogens is 320 g/mol. The standard InChI is InChI=1S/C23H30N2O/c1-18(2)17-20-9-11-21(12-10-20)19(3)23(26)25-15-13-24(14-16-25)22-7-5-4-6-8-22/h4-12,18-19H,13-17H2,1-3H3. The Labute approximate surface area is 157 Å². The zero-order valence-electron chi connectivity index (χ0n) is 16.2. The van der Waals surface area contributed by atoms with Crippen molar-refractivity contribution >= 4 is 11.6 Å².